The van der Waals surface area contributed by atoms with Gasteiger partial charge in [0.1, 0.15) is 12.1 Å². The van der Waals surface area contributed by atoms with Gasteiger partial charge in [0.05, 0.1) is 11.3 Å². The number of tetrazole rings is 1. The van der Waals surface area contributed by atoms with E-state index >= 15 is 0 Å². The van der Waals surface area contributed by atoms with E-state index in [2.05, 4.69) is 30.7 Å². The number of aromatic nitrogens is 5. The Morgan fingerprint density at radius 1 is 1.15 bits per heavy atom. The fraction of sp³-hybridized carbons (Fsp3) is 0.278. The van der Waals surface area contributed by atoms with E-state index in [4.69, 9.17) is 0 Å². The summed E-state index contributed by atoms with van der Waals surface area (Å²) in [6, 6.07) is 11.2. The minimum Gasteiger partial charge on any atom is -0.357 e. The summed E-state index contributed by atoms with van der Waals surface area (Å²) in [6.45, 7) is 2.52. The molecule has 132 valence electrons. The molecule has 0 bridgehead atoms. The summed E-state index contributed by atoms with van der Waals surface area (Å²) in [6.07, 6.45) is 5.68. The Balaban J connectivity index is 1.47. The molecule has 1 amide bonds. The average molecular weight is 349 g/mol. The number of nitrogens with one attached hydrogen (secondary N) is 1. The lowest BCUT2D eigenvalue weighted by Crippen LogP contribution is -2.25. The third-order valence-electron chi connectivity index (χ3n) is 4.44. The number of rotatable bonds is 5. The predicted octanol–water partition coefficient (Wildman–Crippen LogP) is 1.59. The first-order valence-corrected chi connectivity index (χ1v) is 8.62. The molecule has 3 aromatic rings. The van der Waals surface area contributed by atoms with Crippen LogP contribution in [0, 0.1) is 0 Å². The Bertz CT molecular complexity index is 888. The second-order valence-corrected chi connectivity index (χ2v) is 6.17. The summed E-state index contributed by atoms with van der Waals surface area (Å²) in [5, 5.41) is 14.1. The third kappa shape index (κ3) is 3.39. The van der Waals surface area contributed by atoms with E-state index in [9.17, 15) is 4.79 Å². The highest BCUT2D eigenvalue weighted by Gasteiger charge is 2.15. The van der Waals surface area contributed by atoms with Crippen molar-refractivity contribution in [2.45, 2.75) is 19.4 Å². The number of carbonyl (C=O) groups is 1. The van der Waals surface area contributed by atoms with Gasteiger partial charge in [-0.2, -0.15) is 4.68 Å². The Morgan fingerprint density at radius 3 is 2.81 bits per heavy atom. The molecule has 3 heterocycles. The Kier molecular flexibility index (Phi) is 4.55. The quantitative estimate of drug-likeness (QED) is 0.752. The molecule has 1 aromatic carbocycles. The van der Waals surface area contributed by atoms with Crippen molar-refractivity contribution in [3.63, 3.8) is 0 Å². The van der Waals surface area contributed by atoms with E-state index in [-0.39, 0.29) is 5.91 Å². The maximum Gasteiger partial charge on any atom is 0.253 e. The topological polar surface area (TPSA) is 88.8 Å². The van der Waals surface area contributed by atoms with Crippen LogP contribution in [-0.4, -0.2) is 44.2 Å². The maximum absolute atomic E-state index is 12.7. The summed E-state index contributed by atoms with van der Waals surface area (Å²) in [4.78, 5) is 19.4. The van der Waals surface area contributed by atoms with Crippen molar-refractivity contribution in [2.24, 2.45) is 0 Å². The van der Waals surface area contributed by atoms with Gasteiger partial charge < -0.3 is 10.2 Å². The molecule has 1 aliphatic heterocycles. The molecule has 8 nitrogen and oxygen atoms in total. The second kappa shape index (κ2) is 7.30. The van der Waals surface area contributed by atoms with Gasteiger partial charge in [-0.1, -0.05) is 12.1 Å². The van der Waals surface area contributed by atoms with Crippen molar-refractivity contribution in [2.75, 3.05) is 18.0 Å². The average Bonchev–Trinajstić information content (AvgIpc) is 3.40. The number of nitrogens with zero attached hydrogens (tertiary/aromatic N) is 6. The monoisotopic (exact) mass is 349 g/mol. The van der Waals surface area contributed by atoms with Gasteiger partial charge in [-0.05, 0) is 53.1 Å². The van der Waals surface area contributed by atoms with Crippen LogP contribution in [0.4, 0.5) is 5.82 Å². The molecule has 0 saturated carbocycles. The van der Waals surface area contributed by atoms with Gasteiger partial charge >= 0.3 is 0 Å². The molecule has 26 heavy (non-hydrogen) atoms. The van der Waals surface area contributed by atoms with Crippen LogP contribution in [-0.2, 0) is 6.54 Å². The van der Waals surface area contributed by atoms with Gasteiger partial charge in [-0.15, -0.1) is 5.10 Å². The third-order valence-corrected chi connectivity index (χ3v) is 4.44. The van der Waals surface area contributed by atoms with Crippen molar-refractivity contribution < 1.29 is 4.79 Å². The van der Waals surface area contributed by atoms with E-state index in [1.807, 2.05) is 30.3 Å². The van der Waals surface area contributed by atoms with Crippen molar-refractivity contribution in [1.29, 1.82) is 0 Å². The fourth-order valence-corrected chi connectivity index (χ4v) is 3.10. The molecule has 1 N–H and O–H groups in total. The summed E-state index contributed by atoms with van der Waals surface area (Å²) >= 11 is 0. The molecule has 0 unspecified atom stereocenters. The molecule has 4 rings (SSSR count). The summed E-state index contributed by atoms with van der Waals surface area (Å²) in [7, 11) is 0. The highest BCUT2D eigenvalue weighted by atomic mass is 16.1. The Labute approximate surface area is 150 Å². The SMILES string of the molecule is O=C(NCc1ccnc(N2CCCC2)c1)c1ccccc1-n1cnnn1. The van der Waals surface area contributed by atoms with Crippen molar-refractivity contribution in [3.05, 3.63) is 60.0 Å². The highest BCUT2D eigenvalue weighted by molar-refractivity contribution is 5.97. The van der Waals surface area contributed by atoms with E-state index in [1.165, 1.54) is 23.9 Å². The van der Waals surface area contributed by atoms with Gasteiger partial charge in [0.15, 0.2) is 0 Å². The van der Waals surface area contributed by atoms with E-state index in [0.717, 1.165) is 24.5 Å². The first-order valence-electron chi connectivity index (χ1n) is 8.62. The second-order valence-electron chi connectivity index (χ2n) is 6.17. The zero-order valence-electron chi connectivity index (χ0n) is 14.2. The number of benzene rings is 1. The number of hydrogen-bond donors (Lipinski definition) is 1. The molecule has 1 saturated heterocycles. The zero-order valence-corrected chi connectivity index (χ0v) is 14.2. The van der Waals surface area contributed by atoms with Crippen LogP contribution in [0.1, 0.15) is 28.8 Å². The van der Waals surface area contributed by atoms with Crippen molar-refractivity contribution in [3.8, 4) is 5.69 Å². The summed E-state index contributed by atoms with van der Waals surface area (Å²) < 4.78 is 1.48. The van der Waals surface area contributed by atoms with Crippen LogP contribution in [0.2, 0.25) is 0 Å². The van der Waals surface area contributed by atoms with Crippen molar-refractivity contribution >= 4 is 11.7 Å². The Hall–Kier alpha value is -3.29. The molecular weight excluding hydrogens is 330 g/mol. The maximum atomic E-state index is 12.7. The van der Waals surface area contributed by atoms with Crippen LogP contribution in [0.25, 0.3) is 5.69 Å². The van der Waals surface area contributed by atoms with Gasteiger partial charge in [0, 0.05) is 25.8 Å². The minimum atomic E-state index is -0.171. The van der Waals surface area contributed by atoms with Crippen LogP contribution >= 0.6 is 0 Å². The fourth-order valence-electron chi connectivity index (χ4n) is 3.10. The van der Waals surface area contributed by atoms with E-state index in [1.54, 1.807) is 12.3 Å². The van der Waals surface area contributed by atoms with Crippen molar-refractivity contribution in [1.82, 2.24) is 30.5 Å². The van der Waals surface area contributed by atoms with Gasteiger partial charge in [-0.25, -0.2) is 4.98 Å². The lowest BCUT2D eigenvalue weighted by Gasteiger charge is -2.17. The molecule has 1 fully saturated rings. The predicted molar refractivity (Wildman–Crippen MR) is 96.0 cm³/mol. The lowest BCUT2D eigenvalue weighted by molar-refractivity contribution is 0.0950. The highest BCUT2D eigenvalue weighted by Crippen LogP contribution is 2.18. The number of hydrogen-bond acceptors (Lipinski definition) is 6. The molecule has 0 atom stereocenters. The van der Waals surface area contributed by atoms with Crippen LogP contribution < -0.4 is 10.2 Å². The minimum absolute atomic E-state index is 0.171. The molecular formula is C18H19N7O. The van der Waals surface area contributed by atoms with E-state index in [0.29, 0.717) is 17.8 Å². The molecule has 8 heteroatoms. The van der Waals surface area contributed by atoms with Gasteiger partial charge in [0.2, 0.25) is 0 Å². The van der Waals surface area contributed by atoms with Crippen LogP contribution in [0.3, 0.4) is 0 Å². The molecule has 0 radical (unpaired) electrons. The van der Waals surface area contributed by atoms with Crippen LogP contribution in [0.5, 0.6) is 0 Å². The smallest absolute Gasteiger partial charge is 0.253 e. The Morgan fingerprint density at radius 2 is 2.00 bits per heavy atom. The van der Waals surface area contributed by atoms with Gasteiger partial charge in [0.25, 0.3) is 5.91 Å². The van der Waals surface area contributed by atoms with E-state index < -0.39 is 0 Å². The molecule has 0 aliphatic carbocycles. The number of pyridine rings is 1. The molecule has 0 spiro atoms. The number of anilines is 1. The summed E-state index contributed by atoms with van der Waals surface area (Å²) in [5.74, 6) is 0.805. The number of para-hydroxylation sites is 1. The first kappa shape index (κ1) is 16.2. The number of carbonyl (C=O) groups excluding carboxylic acids is 1. The molecule has 1 aliphatic rings. The summed E-state index contributed by atoms with van der Waals surface area (Å²) in [5.41, 5.74) is 2.19. The molecule has 2 aromatic heterocycles. The largest absolute Gasteiger partial charge is 0.357 e. The standard InChI is InChI=1S/C18H19N7O/c26-18(15-5-1-2-6-16(15)25-13-21-22-23-25)20-12-14-7-8-19-17(11-14)24-9-3-4-10-24/h1-2,5-8,11,13H,3-4,9-10,12H2,(H,20,26). The number of amides is 1. The van der Waals surface area contributed by atoms with Crippen LogP contribution in [0.15, 0.2) is 48.9 Å². The zero-order chi connectivity index (χ0) is 17.8. The normalized spacial score (nSPS) is 13.8. The first-order chi connectivity index (χ1) is 12.8. The van der Waals surface area contributed by atoms with Gasteiger partial charge in [-0.3, -0.25) is 4.79 Å². The lowest BCUT2D eigenvalue weighted by atomic mass is 10.1.